The van der Waals surface area contributed by atoms with Crippen LogP contribution in [-0.4, -0.2) is 32.0 Å². The van der Waals surface area contributed by atoms with E-state index in [0.717, 1.165) is 18.4 Å². The van der Waals surface area contributed by atoms with Crippen LogP contribution in [-0.2, 0) is 15.0 Å². The van der Waals surface area contributed by atoms with Crippen molar-refractivity contribution in [2.75, 3.05) is 13.7 Å². The predicted octanol–water partition coefficient (Wildman–Crippen LogP) is 2.24. The van der Waals surface area contributed by atoms with Crippen molar-refractivity contribution in [2.45, 2.75) is 37.2 Å². The minimum absolute atomic E-state index is 0.0895. The minimum Gasteiger partial charge on any atom is -0.493 e. The highest BCUT2D eigenvalue weighted by Gasteiger charge is 2.55. The zero-order valence-electron chi connectivity index (χ0n) is 12.4. The Hall–Kier alpha value is -1.75. The summed E-state index contributed by atoms with van der Waals surface area (Å²) in [5.41, 5.74) is 0.367. The number of hydrogen-bond donors (Lipinski definition) is 1. The molecule has 0 saturated heterocycles. The molecule has 1 aromatic rings. The Bertz CT molecular complexity index is 618. The van der Waals surface area contributed by atoms with Crippen LogP contribution >= 0.6 is 11.6 Å². The van der Waals surface area contributed by atoms with E-state index in [1.165, 1.54) is 0 Å². The molecular formula is C16H18ClNO4. The Kier molecular flexibility index (Phi) is 4.00. The zero-order valence-corrected chi connectivity index (χ0v) is 13.1. The molecule has 1 fully saturated rings. The molecule has 2 atom stereocenters. The molecule has 0 spiro atoms. The van der Waals surface area contributed by atoms with Crippen LogP contribution < -0.4 is 14.8 Å². The summed E-state index contributed by atoms with van der Waals surface area (Å²) in [5, 5.41) is 3.26. The molecule has 6 heteroatoms. The molecule has 22 heavy (non-hydrogen) atoms. The van der Waals surface area contributed by atoms with Crippen LogP contribution in [0.5, 0.6) is 11.5 Å². The molecule has 1 N–H and O–H groups in total. The lowest BCUT2D eigenvalue weighted by atomic mass is 9.66. The molecule has 3 rings (SSSR count). The van der Waals surface area contributed by atoms with Crippen molar-refractivity contribution in [1.82, 2.24) is 5.32 Å². The van der Waals surface area contributed by atoms with Gasteiger partial charge in [0, 0.05) is 29.0 Å². The number of halogens is 1. The quantitative estimate of drug-likeness (QED) is 0.666. The van der Waals surface area contributed by atoms with E-state index in [1.54, 1.807) is 19.2 Å². The van der Waals surface area contributed by atoms with E-state index in [-0.39, 0.29) is 5.78 Å². The van der Waals surface area contributed by atoms with Crippen molar-refractivity contribution in [3.05, 3.63) is 22.7 Å². The van der Waals surface area contributed by atoms with E-state index in [4.69, 9.17) is 21.1 Å². The van der Waals surface area contributed by atoms with Crippen molar-refractivity contribution in [2.24, 2.45) is 0 Å². The van der Waals surface area contributed by atoms with Crippen LogP contribution in [0.3, 0.4) is 0 Å². The topological polar surface area (TPSA) is 64.6 Å². The smallest absolute Gasteiger partial charge is 0.207 e. The third-order valence-electron chi connectivity index (χ3n) is 4.66. The van der Waals surface area contributed by atoms with Gasteiger partial charge in [0.2, 0.25) is 6.41 Å². The van der Waals surface area contributed by atoms with Gasteiger partial charge in [0.1, 0.15) is 0 Å². The van der Waals surface area contributed by atoms with Crippen molar-refractivity contribution in [3.8, 4) is 11.5 Å². The number of carbonyl (C=O) groups is 2. The number of hydrogen-bond acceptors (Lipinski definition) is 4. The predicted molar refractivity (Wildman–Crippen MR) is 81.6 cm³/mol. The summed E-state index contributed by atoms with van der Waals surface area (Å²) >= 11 is 6.43. The second-order valence-corrected chi connectivity index (χ2v) is 6.16. The Morgan fingerprint density at radius 3 is 3.09 bits per heavy atom. The second kappa shape index (κ2) is 5.80. The van der Waals surface area contributed by atoms with Gasteiger partial charge in [0.15, 0.2) is 23.4 Å². The zero-order chi connectivity index (χ0) is 15.7. The van der Waals surface area contributed by atoms with Crippen molar-refractivity contribution in [1.29, 1.82) is 0 Å². The van der Waals surface area contributed by atoms with Gasteiger partial charge in [-0.05, 0) is 31.4 Å². The first kappa shape index (κ1) is 15.2. The van der Waals surface area contributed by atoms with E-state index in [1.807, 2.05) is 0 Å². The molecule has 0 bridgehead atoms. The molecule has 1 amide bonds. The summed E-state index contributed by atoms with van der Waals surface area (Å²) in [6.45, 7) is 0.476. The first-order valence-electron chi connectivity index (χ1n) is 7.37. The molecule has 2 aliphatic rings. The summed E-state index contributed by atoms with van der Waals surface area (Å²) in [5.74, 6) is 1.25. The molecule has 0 aromatic heterocycles. The van der Waals surface area contributed by atoms with Gasteiger partial charge < -0.3 is 14.8 Å². The van der Waals surface area contributed by atoms with Crippen LogP contribution in [0.1, 0.15) is 31.2 Å². The van der Waals surface area contributed by atoms with Crippen molar-refractivity contribution >= 4 is 23.8 Å². The van der Waals surface area contributed by atoms with E-state index in [0.29, 0.717) is 42.3 Å². The van der Waals surface area contributed by atoms with Gasteiger partial charge in [-0.2, -0.15) is 0 Å². The molecule has 1 aliphatic heterocycles. The Morgan fingerprint density at radius 2 is 2.36 bits per heavy atom. The lowest BCUT2D eigenvalue weighted by molar-refractivity contribution is -0.130. The highest BCUT2D eigenvalue weighted by Crippen LogP contribution is 2.56. The summed E-state index contributed by atoms with van der Waals surface area (Å²) < 4.78 is 11.3. The Labute approximate surface area is 133 Å². The fourth-order valence-electron chi connectivity index (χ4n) is 3.72. The number of ketones is 1. The average molecular weight is 324 g/mol. The van der Waals surface area contributed by atoms with Crippen LogP contribution in [0.15, 0.2) is 12.1 Å². The highest BCUT2D eigenvalue weighted by molar-refractivity contribution is 6.32. The van der Waals surface area contributed by atoms with Crippen LogP contribution in [0.2, 0.25) is 5.02 Å². The molecule has 1 aliphatic carbocycles. The maximum absolute atomic E-state index is 12.4. The van der Waals surface area contributed by atoms with Gasteiger partial charge in [-0.1, -0.05) is 11.6 Å². The molecule has 118 valence electrons. The number of methoxy groups -OCH3 is 1. The number of Topliss-reactive ketones (excluding diaryl/α,β-unsaturated/α-hetero) is 1. The third-order valence-corrected chi connectivity index (χ3v) is 4.98. The van der Waals surface area contributed by atoms with E-state index in [2.05, 4.69) is 5.32 Å². The fraction of sp³-hybridized carbons (Fsp3) is 0.500. The number of benzene rings is 1. The molecule has 1 aromatic carbocycles. The maximum Gasteiger partial charge on any atom is 0.207 e. The first-order chi connectivity index (χ1) is 10.6. The molecule has 1 heterocycles. The van der Waals surface area contributed by atoms with Gasteiger partial charge in [-0.3, -0.25) is 9.59 Å². The Balaban J connectivity index is 2.10. The largest absolute Gasteiger partial charge is 0.493 e. The molecule has 5 nitrogen and oxygen atoms in total. The molecular weight excluding hydrogens is 306 g/mol. The maximum atomic E-state index is 12.4. The van der Waals surface area contributed by atoms with Crippen LogP contribution in [0, 0.1) is 0 Å². The van der Waals surface area contributed by atoms with Gasteiger partial charge >= 0.3 is 0 Å². The normalized spacial score (nSPS) is 25.9. The number of ether oxygens (including phenoxy) is 2. The second-order valence-electron chi connectivity index (χ2n) is 5.75. The number of fused-ring (bicyclic) bond motifs is 3. The van der Waals surface area contributed by atoms with Gasteiger partial charge in [0.25, 0.3) is 0 Å². The summed E-state index contributed by atoms with van der Waals surface area (Å²) in [4.78, 5) is 23.0. The monoisotopic (exact) mass is 323 g/mol. The Morgan fingerprint density at radius 1 is 1.55 bits per heavy atom. The lowest BCUT2D eigenvalue weighted by Gasteiger charge is -2.37. The number of carbonyl (C=O) groups excluding carboxylic acids is 2. The molecule has 1 saturated carbocycles. The summed E-state index contributed by atoms with van der Waals surface area (Å²) in [7, 11) is 1.57. The molecule has 0 radical (unpaired) electrons. The number of nitrogens with one attached hydrogen (secondary N) is 1. The standard InChI is InChI=1S/C16H18ClNO4/c1-21-12-5-4-10(17)13-14(12)22-15-11(20)3-2-6-16(13,15)7-8-18-9-19/h4-5,9,15H,2-3,6-8H2,1H3,(H,18,19). The van der Waals surface area contributed by atoms with Gasteiger partial charge in [0.05, 0.1) is 7.11 Å². The van der Waals surface area contributed by atoms with Crippen molar-refractivity contribution < 1.29 is 19.1 Å². The van der Waals surface area contributed by atoms with Gasteiger partial charge in [-0.25, -0.2) is 0 Å². The number of rotatable bonds is 5. The minimum atomic E-state index is -0.543. The first-order valence-corrected chi connectivity index (χ1v) is 7.75. The van der Waals surface area contributed by atoms with Gasteiger partial charge in [-0.15, -0.1) is 0 Å². The lowest BCUT2D eigenvalue weighted by Crippen LogP contribution is -2.48. The fourth-order valence-corrected chi connectivity index (χ4v) is 4.05. The van der Waals surface area contributed by atoms with E-state index < -0.39 is 11.5 Å². The van der Waals surface area contributed by atoms with Crippen LogP contribution in [0.25, 0.3) is 0 Å². The van der Waals surface area contributed by atoms with E-state index >= 15 is 0 Å². The third kappa shape index (κ3) is 2.15. The summed E-state index contributed by atoms with van der Waals surface area (Å²) in [6, 6.07) is 3.53. The summed E-state index contributed by atoms with van der Waals surface area (Å²) in [6.07, 6.45) is 2.86. The highest BCUT2D eigenvalue weighted by atomic mass is 35.5. The SMILES string of the molecule is COc1ccc(Cl)c2c1OC1C(=O)CCCC21CCNC=O. The average Bonchev–Trinajstić information content (AvgIpc) is 2.86. The van der Waals surface area contributed by atoms with Crippen LogP contribution in [0.4, 0.5) is 0 Å². The molecule has 2 unspecified atom stereocenters. The van der Waals surface area contributed by atoms with E-state index in [9.17, 15) is 9.59 Å². The number of amides is 1. The van der Waals surface area contributed by atoms with Crippen molar-refractivity contribution in [3.63, 3.8) is 0 Å².